The van der Waals surface area contributed by atoms with Gasteiger partial charge in [-0.15, -0.1) is 11.3 Å². The molecule has 0 saturated heterocycles. The van der Waals surface area contributed by atoms with E-state index in [1.165, 1.54) is 11.4 Å². The molecule has 0 aromatic carbocycles. The monoisotopic (exact) mass is 206 g/mol. The van der Waals surface area contributed by atoms with Gasteiger partial charge in [-0.05, 0) is 11.4 Å². The molecule has 0 atom stereocenters. The van der Waals surface area contributed by atoms with Crippen molar-refractivity contribution in [3.8, 4) is 0 Å². The van der Waals surface area contributed by atoms with Crippen LogP contribution < -0.4 is 0 Å². The number of hydrogen-bond acceptors (Lipinski definition) is 3. The van der Waals surface area contributed by atoms with Gasteiger partial charge in [-0.3, -0.25) is 4.55 Å². The first-order chi connectivity index (χ1) is 4.52. The average molecular weight is 207 g/mol. The number of rotatable bonds is 1. The Kier molecular flexibility index (Phi) is 4.12. The summed E-state index contributed by atoms with van der Waals surface area (Å²) in [6, 6.07) is 1.25. The third-order valence-electron chi connectivity index (χ3n) is 0.863. The van der Waals surface area contributed by atoms with E-state index < -0.39 is 10.1 Å². The molecule has 0 radical (unpaired) electrons. The predicted octanol–water partition coefficient (Wildman–Crippen LogP) is 1.000. The zero-order chi connectivity index (χ0) is 7.78. The van der Waals surface area contributed by atoms with Crippen molar-refractivity contribution in [2.45, 2.75) is 4.90 Å². The van der Waals surface area contributed by atoms with E-state index >= 15 is 0 Å². The molecule has 0 bridgehead atoms. The van der Waals surface area contributed by atoms with E-state index in [0.717, 1.165) is 11.3 Å². The van der Waals surface area contributed by atoms with Crippen molar-refractivity contribution >= 4 is 51.9 Å². The molecule has 11 heavy (non-hydrogen) atoms. The fraction of sp³-hybridized carbons (Fsp3) is 0. The van der Waals surface area contributed by atoms with Crippen molar-refractivity contribution < 1.29 is 13.0 Å². The molecule has 0 aliphatic heterocycles. The SMILES string of the molecule is O=S(=O)(O)c1ccsc1Cl.[LiH]. The summed E-state index contributed by atoms with van der Waals surface area (Å²) in [6.07, 6.45) is 0. The molecular weight excluding hydrogens is 203 g/mol. The van der Waals surface area contributed by atoms with Crippen LogP contribution in [0.5, 0.6) is 0 Å². The van der Waals surface area contributed by atoms with Crippen LogP contribution in [-0.4, -0.2) is 31.8 Å². The third-order valence-corrected chi connectivity index (χ3v) is 3.17. The molecule has 0 unspecified atom stereocenters. The van der Waals surface area contributed by atoms with Crippen molar-refractivity contribution in [2.75, 3.05) is 0 Å². The first-order valence-corrected chi connectivity index (χ1v) is 4.92. The molecule has 7 heteroatoms. The van der Waals surface area contributed by atoms with E-state index in [1.54, 1.807) is 0 Å². The fourth-order valence-corrected chi connectivity index (χ4v) is 2.47. The molecule has 1 aromatic rings. The van der Waals surface area contributed by atoms with Crippen LogP contribution >= 0.6 is 22.9 Å². The van der Waals surface area contributed by atoms with E-state index in [4.69, 9.17) is 16.2 Å². The molecule has 0 spiro atoms. The van der Waals surface area contributed by atoms with Gasteiger partial charge in [0, 0.05) is 0 Å². The number of hydrogen-bond donors (Lipinski definition) is 1. The molecule has 0 aliphatic rings. The third kappa shape index (κ3) is 2.78. The molecule has 3 nitrogen and oxygen atoms in total. The zero-order valence-electron chi connectivity index (χ0n) is 4.61. The van der Waals surface area contributed by atoms with Crippen LogP contribution in [0.1, 0.15) is 0 Å². The van der Waals surface area contributed by atoms with Crippen LogP contribution in [0.15, 0.2) is 16.3 Å². The minimum atomic E-state index is -4.11. The van der Waals surface area contributed by atoms with Crippen LogP contribution in [0.2, 0.25) is 4.34 Å². The Morgan fingerprint density at radius 2 is 2.09 bits per heavy atom. The fourth-order valence-electron chi connectivity index (χ4n) is 0.467. The topological polar surface area (TPSA) is 54.4 Å². The molecule has 0 saturated carbocycles. The molecule has 1 aromatic heterocycles. The summed E-state index contributed by atoms with van der Waals surface area (Å²) in [7, 11) is -4.11. The predicted molar refractivity (Wildman–Crippen MR) is 46.3 cm³/mol. The van der Waals surface area contributed by atoms with Gasteiger partial charge in [0.2, 0.25) is 0 Å². The minimum absolute atomic E-state index is 0. The van der Waals surface area contributed by atoms with Crippen LogP contribution in [0.4, 0.5) is 0 Å². The van der Waals surface area contributed by atoms with E-state index in [-0.39, 0.29) is 28.1 Å². The van der Waals surface area contributed by atoms with Crippen LogP contribution in [0, 0.1) is 0 Å². The molecule has 0 amide bonds. The zero-order valence-corrected chi connectivity index (χ0v) is 7.00. The summed E-state index contributed by atoms with van der Waals surface area (Å²) in [5.41, 5.74) is 0. The molecule has 58 valence electrons. The van der Waals surface area contributed by atoms with Crippen molar-refractivity contribution in [1.82, 2.24) is 0 Å². The van der Waals surface area contributed by atoms with Gasteiger partial charge < -0.3 is 0 Å². The molecule has 1 rings (SSSR count). The second-order valence-electron chi connectivity index (χ2n) is 1.53. The Morgan fingerprint density at radius 3 is 2.27 bits per heavy atom. The first-order valence-electron chi connectivity index (χ1n) is 2.22. The van der Waals surface area contributed by atoms with E-state index in [1.807, 2.05) is 0 Å². The van der Waals surface area contributed by atoms with Gasteiger partial charge in [0.05, 0.1) is 0 Å². The quantitative estimate of drug-likeness (QED) is 0.551. The first kappa shape index (κ1) is 11.5. The summed E-state index contributed by atoms with van der Waals surface area (Å²) in [6.45, 7) is 0. The standard InChI is InChI=1S/C4H3ClO3S2.Li.H/c5-4-3(1-2-9-4)10(6,7)8;;/h1-2H,(H,6,7,8);;. The second-order valence-corrected chi connectivity index (χ2v) is 4.44. The second kappa shape index (κ2) is 3.94. The summed E-state index contributed by atoms with van der Waals surface area (Å²) >= 11 is 6.46. The Balaban J connectivity index is 0.000001000. The van der Waals surface area contributed by atoms with E-state index in [0.29, 0.717) is 0 Å². The maximum absolute atomic E-state index is 10.4. The van der Waals surface area contributed by atoms with E-state index in [2.05, 4.69) is 0 Å². The molecular formula is C4H4ClLiO3S2. The normalized spacial score (nSPS) is 10.7. The van der Waals surface area contributed by atoms with Gasteiger partial charge in [-0.1, -0.05) is 11.6 Å². The Labute approximate surface area is 85.3 Å². The van der Waals surface area contributed by atoms with Crippen molar-refractivity contribution in [3.05, 3.63) is 15.8 Å². The van der Waals surface area contributed by atoms with Crippen LogP contribution in [-0.2, 0) is 10.1 Å². The van der Waals surface area contributed by atoms with Crippen molar-refractivity contribution in [1.29, 1.82) is 0 Å². The van der Waals surface area contributed by atoms with Crippen molar-refractivity contribution in [3.63, 3.8) is 0 Å². The Hall–Kier alpha value is 0.497. The molecule has 1 N–H and O–H groups in total. The maximum atomic E-state index is 10.4. The van der Waals surface area contributed by atoms with Crippen LogP contribution in [0.25, 0.3) is 0 Å². The number of thiophene rings is 1. The van der Waals surface area contributed by atoms with Gasteiger partial charge in [-0.2, -0.15) is 8.42 Å². The molecule has 0 aliphatic carbocycles. The van der Waals surface area contributed by atoms with Gasteiger partial charge in [0.25, 0.3) is 10.1 Å². The van der Waals surface area contributed by atoms with Gasteiger partial charge in [0.15, 0.2) is 0 Å². The van der Waals surface area contributed by atoms with Gasteiger partial charge in [0.1, 0.15) is 9.23 Å². The van der Waals surface area contributed by atoms with Crippen LogP contribution in [0.3, 0.4) is 0 Å². The van der Waals surface area contributed by atoms with Gasteiger partial charge in [-0.25, -0.2) is 0 Å². The Morgan fingerprint density at radius 1 is 1.55 bits per heavy atom. The van der Waals surface area contributed by atoms with Gasteiger partial charge >= 0.3 is 18.9 Å². The summed E-state index contributed by atoms with van der Waals surface area (Å²) in [5, 5.41) is 1.49. The average Bonchev–Trinajstić information content (AvgIpc) is 2.11. The summed E-state index contributed by atoms with van der Waals surface area (Å²) < 4.78 is 29.3. The Bertz CT molecular complexity index is 331. The number of halogens is 1. The summed E-state index contributed by atoms with van der Waals surface area (Å²) in [5.74, 6) is 0. The molecule has 0 fully saturated rings. The summed E-state index contributed by atoms with van der Waals surface area (Å²) in [4.78, 5) is -0.223. The van der Waals surface area contributed by atoms with E-state index in [9.17, 15) is 8.42 Å². The molecule has 1 heterocycles. The van der Waals surface area contributed by atoms with Crippen molar-refractivity contribution in [2.24, 2.45) is 0 Å².